The van der Waals surface area contributed by atoms with Crippen LogP contribution in [0.5, 0.6) is 0 Å². The third-order valence-electron chi connectivity index (χ3n) is 6.93. The summed E-state index contributed by atoms with van der Waals surface area (Å²) in [4.78, 5) is 17.9. The Balaban J connectivity index is 1.46. The number of anilines is 3. The second-order valence-corrected chi connectivity index (χ2v) is 9.02. The predicted molar refractivity (Wildman–Crippen MR) is 116 cm³/mol. The highest BCUT2D eigenvalue weighted by Crippen LogP contribution is 2.38. The Morgan fingerprint density at radius 3 is 2.23 bits per heavy atom. The van der Waals surface area contributed by atoms with E-state index in [1.807, 2.05) is 6.07 Å². The summed E-state index contributed by atoms with van der Waals surface area (Å²) in [6, 6.07) is 4.08. The van der Waals surface area contributed by atoms with Gasteiger partial charge >= 0.3 is 6.18 Å². The zero-order valence-electron chi connectivity index (χ0n) is 18.0. The van der Waals surface area contributed by atoms with Gasteiger partial charge in [0.05, 0.1) is 28.5 Å². The van der Waals surface area contributed by atoms with Gasteiger partial charge in [0, 0.05) is 45.3 Å². The Kier molecular flexibility index (Phi) is 6.23. The van der Waals surface area contributed by atoms with Crippen LogP contribution >= 0.6 is 0 Å². The molecule has 1 heterocycles. The van der Waals surface area contributed by atoms with Crippen molar-refractivity contribution in [1.29, 1.82) is 0 Å². The van der Waals surface area contributed by atoms with E-state index in [2.05, 4.69) is 20.4 Å². The number of benzene rings is 1. The van der Waals surface area contributed by atoms with Crippen LogP contribution in [-0.2, 0) is 0 Å². The molecule has 0 bridgehead atoms. The van der Waals surface area contributed by atoms with Crippen LogP contribution < -0.4 is 21.3 Å². The number of amides is 1. The maximum atomic E-state index is 13.1. The Hall–Kier alpha value is -2.16. The molecule has 1 aliphatic heterocycles. The maximum Gasteiger partial charge on any atom is 0.391 e. The Morgan fingerprint density at radius 1 is 1.03 bits per heavy atom. The van der Waals surface area contributed by atoms with Gasteiger partial charge in [-0.2, -0.15) is 13.2 Å². The molecule has 1 aromatic rings. The van der Waals surface area contributed by atoms with Gasteiger partial charge in [0.1, 0.15) is 0 Å². The first-order valence-corrected chi connectivity index (χ1v) is 11.2. The molecular formula is C22H32F3N5O. The molecule has 9 heteroatoms. The topological polar surface area (TPSA) is 73.6 Å². The lowest BCUT2D eigenvalue weighted by atomic mass is 9.85. The number of carbonyl (C=O) groups is 1. The SMILES string of the molecule is CNc1cc(N2CCN(C3CC3)CC2)c(C(=O)NC2CCC(C(F)(F)F)CC2)cc1N. The van der Waals surface area contributed by atoms with Crippen molar-refractivity contribution in [2.24, 2.45) is 5.92 Å². The zero-order valence-corrected chi connectivity index (χ0v) is 18.0. The van der Waals surface area contributed by atoms with Crippen molar-refractivity contribution in [1.82, 2.24) is 10.2 Å². The number of nitrogens with two attached hydrogens (primary N) is 1. The molecule has 31 heavy (non-hydrogen) atoms. The first-order chi connectivity index (χ1) is 14.8. The summed E-state index contributed by atoms with van der Waals surface area (Å²) in [5.41, 5.74) is 8.71. The monoisotopic (exact) mass is 439 g/mol. The summed E-state index contributed by atoms with van der Waals surface area (Å²) < 4.78 is 38.8. The van der Waals surface area contributed by atoms with Crippen molar-refractivity contribution in [3.63, 3.8) is 0 Å². The molecule has 4 N–H and O–H groups in total. The van der Waals surface area contributed by atoms with Crippen molar-refractivity contribution in [2.45, 2.75) is 56.8 Å². The average molecular weight is 440 g/mol. The standard InChI is InChI=1S/C22H32F3N5O/c1-27-19-13-20(30-10-8-29(9-11-30)16-6-7-16)17(12-18(19)26)21(31)28-15-4-2-14(3-5-15)22(23,24)25/h12-16,27H,2-11,26H2,1H3,(H,28,31). The van der Waals surface area contributed by atoms with Gasteiger partial charge in [0.25, 0.3) is 5.91 Å². The van der Waals surface area contributed by atoms with E-state index >= 15 is 0 Å². The largest absolute Gasteiger partial charge is 0.397 e. The van der Waals surface area contributed by atoms with Gasteiger partial charge in [-0.25, -0.2) is 0 Å². The number of alkyl halides is 3. The third-order valence-corrected chi connectivity index (χ3v) is 6.93. The smallest absolute Gasteiger partial charge is 0.391 e. The molecule has 0 atom stereocenters. The summed E-state index contributed by atoms with van der Waals surface area (Å²) in [5, 5.41) is 6.05. The summed E-state index contributed by atoms with van der Waals surface area (Å²) >= 11 is 0. The average Bonchev–Trinajstić information content (AvgIpc) is 3.59. The normalized spacial score (nSPS) is 25.4. The minimum absolute atomic E-state index is 0.0608. The highest BCUT2D eigenvalue weighted by atomic mass is 19.4. The fourth-order valence-corrected chi connectivity index (χ4v) is 4.86. The Labute approximate surface area is 181 Å². The van der Waals surface area contributed by atoms with Crippen LogP contribution in [0.15, 0.2) is 12.1 Å². The Morgan fingerprint density at radius 2 is 1.68 bits per heavy atom. The zero-order chi connectivity index (χ0) is 22.2. The molecule has 172 valence electrons. The van der Waals surface area contributed by atoms with Crippen molar-refractivity contribution in [3.05, 3.63) is 17.7 Å². The van der Waals surface area contributed by atoms with Crippen LogP contribution in [0.1, 0.15) is 48.9 Å². The number of piperazine rings is 1. The number of carbonyl (C=O) groups excluding carboxylic acids is 1. The van der Waals surface area contributed by atoms with Crippen molar-refractivity contribution < 1.29 is 18.0 Å². The van der Waals surface area contributed by atoms with Gasteiger partial charge in [0.2, 0.25) is 0 Å². The van der Waals surface area contributed by atoms with Crippen LogP contribution in [0, 0.1) is 5.92 Å². The minimum atomic E-state index is -4.15. The van der Waals surface area contributed by atoms with E-state index in [1.165, 1.54) is 12.8 Å². The van der Waals surface area contributed by atoms with Crippen LogP contribution in [0.4, 0.5) is 30.2 Å². The summed E-state index contributed by atoms with van der Waals surface area (Å²) in [6.07, 6.45) is -0.796. The highest BCUT2D eigenvalue weighted by Gasteiger charge is 2.41. The van der Waals surface area contributed by atoms with E-state index in [0.29, 0.717) is 24.1 Å². The van der Waals surface area contributed by atoms with Crippen LogP contribution in [0.3, 0.4) is 0 Å². The molecular weight excluding hydrogens is 407 g/mol. The van der Waals surface area contributed by atoms with E-state index in [-0.39, 0.29) is 24.8 Å². The van der Waals surface area contributed by atoms with Crippen molar-refractivity contribution in [3.8, 4) is 0 Å². The second kappa shape index (κ2) is 8.76. The molecule has 4 rings (SSSR count). The number of hydrogen-bond donors (Lipinski definition) is 3. The molecule has 6 nitrogen and oxygen atoms in total. The number of halogens is 3. The molecule has 2 saturated carbocycles. The van der Waals surface area contributed by atoms with Gasteiger partial charge in [0.15, 0.2) is 0 Å². The van der Waals surface area contributed by atoms with Crippen molar-refractivity contribution >= 4 is 23.0 Å². The lowest BCUT2D eigenvalue weighted by molar-refractivity contribution is -0.182. The van der Waals surface area contributed by atoms with Crippen LogP contribution in [0.2, 0.25) is 0 Å². The van der Waals surface area contributed by atoms with Gasteiger partial charge < -0.3 is 21.3 Å². The maximum absolute atomic E-state index is 13.1. The first kappa shape index (κ1) is 22.0. The van der Waals surface area contributed by atoms with Gasteiger partial charge in [-0.3, -0.25) is 9.69 Å². The number of rotatable bonds is 5. The first-order valence-electron chi connectivity index (χ1n) is 11.2. The number of hydrogen-bond acceptors (Lipinski definition) is 5. The molecule has 0 aromatic heterocycles. The fourth-order valence-electron chi connectivity index (χ4n) is 4.86. The van der Waals surface area contributed by atoms with Gasteiger partial charge in [-0.15, -0.1) is 0 Å². The van der Waals surface area contributed by atoms with Gasteiger partial charge in [-0.1, -0.05) is 0 Å². The van der Waals surface area contributed by atoms with Gasteiger partial charge in [-0.05, 0) is 50.7 Å². The number of nitrogens with one attached hydrogen (secondary N) is 2. The van der Waals surface area contributed by atoms with Crippen LogP contribution in [0.25, 0.3) is 0 Å². The molecule has 1 aromatic carbocycles. The molecule has 2 aliphatic carbocycles. The fraction of sp³-hybridized carbons (Fsp3) is 0.682. The molecule has 0 spiro atoms. The molecule has 1 saturated heterocycles. The summed E-state index contributed by atoms with van der Waals surface area (Å²) in [5.74, 6) is -1.52. The second-order valence-electron chi connectivity index (χ2n) is 9.02. The number of nitrogens with zero attached hydrogens (tertiary/aromatic N) is 2. The molecule has 0 radical (unpaired) electrons. The Bertz CT molecular complexity index is 795. The molecule has 1 amide bonds. The number of nitrogen functional groups attached to an aromatic ring is 1. The van der Waals surface area contributed by atoms with E-state index in [1.54, 1.807) is 13.1 Å². The van der Waals surface area contributed by atoms with Crippen molar-refractivity contribution in [2.75, 3.05) is 49.2 Å². The van der Waals surface area contributed by atoms with E-state index in [0.717, 1.165) is 43.6 Å². The summed E-state index contributed by atoms with van der Waals surface area (Å²) in [6.45, 7) is 3.60. The van der Waals surface area contributed by atoms with E-state index < -0.39 is 12.1 Å². The molecule has 0 unspecified atom stereocenters. The van der Waals surface area contributed by atoms with Crippen LogP contribution in [-0.4, -0.2) is 62.3 Å². The minimum Gasteiger partial charge on any atom is -0.397 e. The third kappa shape index (κ3) is 5.02. The lowest BCUT2D eigenvalue weighted by Crippen LogP contribution is -2.48. The van der Waals surface area contributed by atoms with E-state index in [9.17, 15) is 18.0 Å². The highest BCUT2D eigenvalue weighted by molar-refractivity contribution is 6.02. The molecule has 3 fully saturated rings. The lowest BCUT2D eigenvalue weighted by Gasteiger charge is -2.37. The molecule has 3 aliphatic rings. The van der Waals surface area contributed by atoms with E-state index in [4.69, 9.17) is 5.73 Å². The summed E-state index contributed by atoms with van der Waals surface area (Å²) in [7, 11) is 1.79. The predicted octanol–water partition coefficient (Wildman–Crippen LogP) is 3.45. The quantitative estimate of drug-likeness (QED) is 0.613.